The quantitative estimate of drug-likeness (QED) is 0.0571. The summed E-state index contributed by atoms with van der Waals surface area (Å²) in [5, 5.41) is 65.7. The molecule has 0 spiro atoms. The molecular formula is C33H42N4O15S4. The summed E-state index contributed by atoms with van der Waals surface area (Å²) in [7, 11) is -15.9. The number of hydrogen-bond acceptors (Lipinski definition) is 15. The van der Waals surface area contributed by atoms with Gasteiger partial charge in [-0.05, 0) is 67.1 Å². The molecule has 4 aromatic rings. The van der Waals surface area contributed by atoms with Crippen molar-refractivity contribution >= 4 is 40.1 Å². The van der Waals surface area contributed by atoms with Gasteiger partial charge in [0.05, 0.1) is 19.6 Å². The zero-order valence-electron chi connectivity index (χ0n) is 30.1. The van der Waals surface area contributed by atoms with Crippen LogP contribution < -0.4 is 9.44 Å². The SMILES string of the molecule is CCN(CCN(CC)S(=O)(=O)c1ccc(O)c(O)c1)S(=O)(=O)c1ccc(O)c(C)c1.O=S(=O)(NCCNS(=O)(=O)c1ccc(O)c(O)c1)c1ccc(O)c(O)c1. The van der Waals surface area contributed by atoms with Crippen LogP contribution in [0.3, 0.4) is 0 Å². The molecule has 0 saturated heterocycles. The van der Waals surface area contributed by atoms with Gasteiger partial charge in [0.25, 0.3) is 0 Å². The third-order valence-electron chi connectivity index (χ3n) is 7.92. The van der Waals surface area contributed by atoms with E-state index in [9.17, 15) is 69.4 Å². The lowest BCUT2D eigenvalue weighted by atomic mass is 10.2. The minimum atomic E-state index is -4.02. The molecule has 4 aromatic carbocycles. The Morgan fingerprint density at radius 2 is 0.750 bits per heavy atom. The summed E-state index contributed by atoms with van der Waals surface area (Å²) in [6.07, 6.45) is 0. The van der Waals surface area contributed by atoms with Gasteiger partial charge in [-0.1, -0.05) is 13.8 Å². The highest BCUT2D eigenvalue weighted by Gasteiger charge is 2.28. The van der Waals surface area contributed by atoms with Gasteiger partial charge in [-0.25, -0.2) is 43.1 Å². The van der Waals surface area contributed by atoms with Gasteiger partial charge in [-0.2, -0.15) is 8.61 Å². The van der Waals surface area contributed by atoms with E-state index in [1.807, 2.05) is 0 Å². The van der Waals surface area contributed by atoms with Crippen LogP contribution in [0.2, 0.25) is 0 Å². The number of sulfonamides is 4. The van der Waals surface area contributed by atoms with Crippen molar-refractivity contribution in [3.05, 3.63) is 78.4 Å². The monoisotopic (exact) mass is 862 g/mol. The predicted octanol–water partition coefficient (Wildman–Crippen LogP) is 1.60. The standard InChI is InChI=1S/C19H26N2O7S2.C14H16N2O8S2/c1-4-20(29(25,26)15-6-8-17(22)14(3)12-15)10-11-21(5-2)30(27,28)16-7-9-18(23)19(24)13-16;17-11-3-1-9(7-13(11)19)25(21,22)15-5-6-16-26(23,24)10-2-4-12(18)14(20)8-10/h6-9,12-13,22-24H,4-5,10-11H2,1-3H3;1-4,7-8,15-20H,5-6H2. The molecule has 0 radical (unpaired) electrons. The normalized spacial score (nSPS) is 12.4. The number of benzene rings is 4. The van der Waals surface area contributed by atoms with Crippen molar-refractivity contribution in [1.29, 1.82) is 0 Å². The van der Waals surface area contributed by atoms with Crippen LogP contribution in [0.1, 0.15) is 19.4 Å². The van der Waals surface area contributed by atoms with Gasteiger partial charge in [-0.3, -0.25) is 0 Å². The van der Waals surface area contributed by atoms with Crippen molar-refractivity contribution in [1.82, 2.24) is 18.1 Å². The summed E-state index contributed by atoms with van der Waals surface area (Å²) in [6.45, 7) is 4.27. The number of rotatable bonds is 16. The summed E-state index contributed by atoms with van der Waals surface area (Å²) in [6, 6.07) is 13.0. The first-order valence-corrected chi connectivity index (χ1v) is 22.2. The predicted molar refractivity (Wildman–Crippen MR) is 201 cm³/mol. The van der Waals surface area contributed by atoms with E-state index >= 15 is 0 Å². The number of aryl methyl sites for hydroxylation is 1. The van der Waals surface area contributed by atoms with E-state index in [2.05, 4.69) is 9.44 Å². The molecule has 0 fully saturated rings. The van der Waals surface area contributed by atoms with Gasteiger partial charge in [0.15, 0.2) is 34.5 Å². The van der Waals surface area contributed by atoms with E-state index in [1.165, 1.54) is 24.3 Å². The lowest BCUT2D eigenvalue weighted by Crippen LogP contribution is -2.41. The van der Waals surface area contributed by atoms with Crippen molar-refractivity contribution < 1.29 is 69.4 Å². The van der Waals surface area contributed by atoms with Gasteiger partial charge in [0.2, 0.25) is 40.1 Å². The van der Waals surface area contributed by atoms with Gasteiger partial charge in [0.1, 0.15) is 5.75 Å². The Balaban J connectivity index is 0.000000303. The molecular weight excluding hydrogens is 821 g/mol. The second-order valence-corrected chi connectivity index (χ2v) is 19.1. The third kappa shape index (κ3) is 11.1. The zero-order valence-corrected chi connectivity index (χ0v) is 33.4. The largest absolute Gasteiger partial charge is 0.508 e. The second-order valence-electron chi connectivity index (χ2n) is 11.7. The molecule has 0 aromatic heterocycles. The Morgan fingerprint density at radius 3 is 1.07 bits per heavy atom. The van der Waals surface area contributed by atoms with Crippen LogP contribution in [0.4, 0.5) is 0 Å². The fraction of sp³-hybridized carbons (Fsp3) is 0.273. The van der Waals surface area contributed by atoms with Crippen LogP contribution in [-0.4, -0.2) is 117 Å². The van der Waals surface area contributed by atoms with E-state index in [0.717, 1.165) is 57.1 Å². The Kier molecular flexibility index (Phi) is 14.9. The van der Waals surface area contributed by atoms with Crippen molar-refractivity contribution in [2.75, 3.05) is 39.3 Å². The molecule has 0 aliphatic heterocycles. The van der Waals surface area contributed by atoms with Crippen molar-refractivity contribution in [2.45, 2.75) is 40.4 Å². The fourth-order valence-electron chi connectivity index (χ4n) is 4.75. The molecule has 9 N–H and O–H groups in total. The van der Waals surface area contributed by atoms with Gasteiger partial charge < -0.3 is 35.7 Å². The van der Waals surface area contributed by atoms with Gasteiger partial charge in [0, 0.05) is 57.5 Å². The molecule has 56 heavy (non-hydrogen) atoms. The van der Waals surface area contributed by atoms with Crippen molar-refractivity contribution in [3.8, 4) is 40.2 Å². The smallest absolute Gasteiger partial charge is 0.243 e. The average molecular weight is 863 g/mol. The molecule has 0 aliphatic rings. The maximum absolute atomic E-state index is 12.9. The van der Waals surface area contributed by atoms with E-state index in [-0.39, 0.29) is 64.6 Å². The molecule has 308 valence electrons. The molecule has 4 rings (SSSR count). The summed E-state index contributed by atoms with van der Waals surface area (Å²) >= 11 is 0. The first-order chi connectivity index (χ1) is 26.0. The van der Waals surface area contributed by atoms with Gasteiger partial charge in [-0.15, -0.1) is 0 Å². The lowest BCUT2D eigenvalue weighted by molar-refractivity contribution is 0.358. The minimum absolute atomic E-state index is 0.00834. The summed E-state index contributed by atoms with van der Waals surface area (Å²) in [5.74, 6) is -3.20. The average Bonchev–Trinajstić information content (AvgIpc) is 3.13. The van der Waals surface area contributed by atoms with E-state index in [4.69, 9.17) is 0 Å². The van der Waals surface area contributed by atoms with Crippen LogP contribution in [0.5, 0.6) is 40.2 Å². The molecule has 0 aliphatic carbocycles. The number of aromatic hydroxyl groups is 7. The maximum Gasteiger partial charge on any atom is 0.243 e. The number of phenols is 7. The van der Waals surface area contributed by atoms with Crippen molar-refractivity contribution in [3.63, 3.8) is 0 Å². The van der Waals surface area contributed by atoms with Gasteiger partial charge >= 0.3 is 0 Å². The number of likely N-dealkylation sites (N-methyl/N-ethyl adjacent to an activating group) is 2. The lowest BCUT2D eigenvalue weighted by Gasteiger charge is -2.26. The van der Waals surface area contributed by atoms with E-state index in [1.54, 1.807) is 20.8 Å². The number of hydrogen-bond donors (Lipinski definition) is 9. The van der Waals surface area contributed by atoms with Crippen LogP contribution in [0.25, 0.3) is 0 Å². The molecule has 0 bridgehead atoms. The third-order valence-corrected chi connectivity index (χ3v) is 14.8. The molecule has 0 atom stereocenters. The highest BCUT2D eigenvalue weighted by Crippen LogP contribution is 2.30. The van der Waals surface area contributed by atoms with E-state index in [0.29, 0.717) is 5.56 Å². The number of nitrogens with zero attached hydrogens (tertiary/aromatic N) is 2. The fourth-order valence-corrected chi connectivity index (χ4v) is 9.84. The van der Waals surface area contributed by atoms with Crippen LogP contribution >= 0.6 is 0 Å². The Hall–Kier alpha value is -4.88. The molecule has 19 nitrogen and oxygen atoms in total. The molecule has 23 heteroatoms. The first kappa shape index (κ1) is 45.5. The van der Waals surface area contributed by atoms with Crippen LogP contribution in [-0.2, 0) is 40.1 Å². The zero-order chi connectivity index (χ0) is 42.2. The number of phenolic OH excluding ortho intramolecular Hbond substituents is 7. The Morgan fingerprint density at radius 1 is 0.446 bits per heavy atom. The van der Waals surface area contributed by atoms with Crippen LogP contribution in [0.15, 0.2) is 92.4 Å². The summed E-state index contributed by atoms with van der Waals surface area (Å²) in [4.78, 5) is -0.813. The molecule has 0 saturated carbocycles. The summed E-state index contributed by atoms with van der Waals surface area (Å²) < 4.78 is 106. The van der Waals surface area contributed by atoms with Crippen molar-refractivity contribution in [2.24, 2.45) is 0 Å². The Labute approximate surface area is 324 Å². The molecule has 0 amide bonds. The maximum atomic E-state index is 12.9. The highest BCUT2D eigenvalue weighted by atomic mass is 32.2. The molecule has 0 heterocycles. The summed E-state index contributed by atoms with van der Waals surface area (Å²) in [5.41, 5.74) is 0.414. The first-order valence-electron chi connectivity index (χ1n) is 16.3. The number of nitrogens with one attached hydrogen (secondary N) is 2. The Bertz CT molecular complexity index is 2310. The minimum Gasteiger partial charge on any atom is -0.508 e. The molecule has 0 unspecified atom stereocenters. The van der Waals surface area contributed by atoms with Crippen LogP contribution in [0, 0.1) is 6.92 Å². The second kappa shape index (κ2) is 18.4. The topological polar surface area (TPSA) is 309 Å². The highest BCUT2D eigenvalue weighted by molar-refractivity contribution is 7.90. The van der Waals surface area contributed by atoms with E-state index < -0.39 is 74.6 Å².